The number of ether oxygens (including phenoxy) is 1. The van der Waals surface area contributed by atoms with Gasteiger partial charge in [0.15, 0.2) is 13.2 Å². The average Bonchev–Trinajstić information content (AvgIpc) is 3.29. The van der Waals surface area contributed by atoms with Crippen LogP contribution in [-0.2, 0) is 4.74 Å². The molecule has 0 N–H and O–H groups in total. The average molecular weight is 549 g/mol. The van der Waals surface area contributed by atoms with Crippen LogP contribution in [-0.4, -0.2) is 58.3 Å². The summed E-state index contributed by atoms with van der Waals surface area (Å²) < 4.78 is 31.7. The van der Waals surface area contributed by atoms with E-state index in [1.165, 1.54) is 12.1 Å². The molecule has 10 heteroatoms. The van der Waals surface area contributed by atoms with Gasteiger partial charge in [0.2, 0.25) is 0 Å². The Morgan fingerprint density at radius 3 is 2.34 bits per heavy atom. The molecule has 0 amide bonds. The molecule has 1 saturated heterocycles. The van der Waals surface area contributed by atoms with Crippen molar-refractivity contribution < 1.29 is 9.13 Å². The summed E-state index contributed by atoms with van der Waals surface area (Å²) in [6.07, 6.45) is 0. The normalized spacial score (nSPS) is 19.7. The van der Waals surface area contributed by atoms with Gasteiger partial charge >= 0.3 is 0 Å². The van der Waals surface area contributed by atoms with Gasteiger partial charge in [-0.1, -0.05) is 41.9 Å². The number of hydrogen-bond acceptors (Lipinski definition) is 4. The number of fused-ring (bicyclic) bond motifs is 1. The fourth-order valence-electron chi connectivity index (χ4n) is 5.04. The van der Waals surface area contributed by atoms with Gasteiger partial charge in [0, 0.05) is 25.7 Å². The molecule has 4 aromatic rings. The number of benzene rings is 3. The fourth-order valence-corrected chi connectivity index (χ4v) is 9.11. The zero-order chi connectivity index (χ0) is 26.3. The molecule has 0 radical (unpaired) electrons. The molecule has 0 aliphatic carbocycles. The lowest BCUT2D eigenvalue weighted by Gasteiger charge is -2.46. The smallest absolute Gasteiger partial charge is 0.170 e. The summed E-state index contributed by atoms with van der Waals surface area (Å²) in [5.74, 6) is 1.13. The number of nitrogens with zero attached hydrogens (tertiary/aromatic N) is 6. The highest BCUT2D eigenvalue weighted by atomic mass is 35.5. The second-order valence-corrected chi connectivity index (χ2v) is 12.5. The largest absolute Gasteiger partial charge is 0.379 e. The number of hydrogen-bond donors (Lipinski definition) is 0. The Morgan fingerprint density at radius 2 is 1.63 bits per heavy atom. The third-order valence-corrected chi connectivity index (χ3v) is 11.0. The molecule has 1 aromatic heterocycles. The van der Waals surface area contributed by atoms with E-state index in [1.807, 2.05) is 73.3 Å². The van der Waals surface area contributed by atoms with Gasteiger partial charge < -0.3 is 9.41 Å². The van der Waals surface area contributed by atoms with Crippen molar-refractivity contribution >= 4 is 41.6 Å². The fraction of sp³-hybridized carbons (Fsp3) is 0.214. The lowest BCUT2D eigenvalue weighted by atomic mass is 10.2. The quantitative estimate of drug-likeness (QED) is 0.280. The van der Waals surface area contributed by atoms with Crippen molar-refractivity contribution in [2.75, 3.05) is 33.4 Å². The molecule has 0 spiro atoms. The number of amidine groups is 1. The van der Waals surface area contributed by atoms with E-state index in [4.69, 9.17) is 31.2 Å². The van der Waals surface area contributed by atoms with Crippen LogP contribution in [0.4, 0.5) is 15.9 Å². The Labute approximate surface area is 226 Å². The number of aliphatic imine (C=N–C) groups is 1. The van der Waals surface area contributed by atoms with Crippen LogP contribution in [0.1, 0.15) is 11.3 Å². The highest BCUT2D eigenvalue weighted by Crippen LogP contribution is 2.62. The first-order valence-electron chi connectivity index (χ1n) is 12.4. The van der Waals surface area contributed by atoms with E-state index < -0.39 is 7.36 Å². The van der Waals surface area contributed by atoms with Gasteiger partial charge in [-0.15, -0.1) is 0 Å². The molecule has 0 bridgehead atoms. The minimum absolute atomic E-state index is 0.298. The first kappa shape index (κ1) is 25.0. The van der Waals surface area contributed by atoms with Crippen molar-refractivity contribution in [2.24, 2.45) is 9.74 Å². The van der Waals surface area contributed by atoms with Crippen molar-refractivity contribution in [3.05, 3.63) is 101 Å². The second-order valence-electron chi connectivity index (χ2n) is 9.16. The van der Waals surface area contributed by atoms with E-state index in [9.17, 15) is 4.39 Å². The lowest BCUT2D eigenvalue weighted by molar-refractivity contribution is 0.0732. The summed E-state index contributed by atoms with van der Waals surface area (Å²) in [6, 6.07) is 24.1. The molecule has 7 nitrogen and oxygen atoms in total. The topological polar surface area (TPSA) is 58.3 Å². The van der Waals surface area contributed by atoms with E-state index in [0.717, 1.165) is 28.1 Å². The summed E-state index contributed by atoms with van der Waals surface area (Å²) in [7, 11) is -0.725. The summed E-state index contributed by atoms with van der Waals surface area (Å²) in [5, 5.41) is 6.55. The van der Waals surface area contributed by atoms with Crippen LogP contribution in [0.3, 0.4) is 0 Å². The summed E-state index contributed by atoms with van der Waals surface area (Å²) in [4.78, 5) is 5.18. The molecular weight excluding hydrogens is 522 g/mol. The third kappa shape index (κ3) is 4.18. The predicted molar refractivity (Wildman–Crippen MR) is 151 cm³/mol. The number of para-hydroxylation sites is 1. The Morgan fingerprint density at radius 1 is 0.947 bits per heavy atom. The molecule has 0 unspecified atom stereocenters. The predicted octanol–water partition coefficient (Wildman–Crippen LogP) is 6.32. The second kappa shape index (κ2) is 10.1. The maximum absolute atomic E-state index is 13.9. The third-order valence-electron chi connectivity index (χ3n) is 6.83. The zero-order valence-electron chi connectivity index (χ0n) is 21.1. The molecule has 38 heavy (non-hydrogen) atoms. The minimum Gasteiger partial charge on any atom is -0.379 e. The SMILES string of the molecule is Cc1nn(-c2ccccc2)c2c1[P@](=Nc1ccccc1Cl)(N1CCOCC1)N(C)C(c1ccc(F)cc1)=N2. The molecule has 1 fully saturated rings. The maximum atomic E-state index is 13.9. The Balaban J connectivity index is 1.72. The van der Waals surface area contributed by atoms with Gasteiger partial charge in [-0.3, -0.25) is 0 Å². The maximum Gasteiger partial charge on any atom is 0.170 e. The van der Waals surface area contributed by atoms with Crippen molar-refractivity contribution in [3.63, 3.8) is 0 Å². The van der Waals surface area contributed by atoms with Crippen molar-refractivity contribution in [3.8, 4) is 5.69 Å². The molecule has 2 aliphatic heterocycles. The molecule has 3 aromatic carbocycles. The van der Waals surface area contributed by atoms with Gasteiger partial charge in [0.25, 0.3) is 0 Å². The minimum atomic E-state index is -2.75. The first-order valence-corrected chi connectivity index (χ1v) is 14.5. The number of morpholine rings is 1. The van der Waals surface area contributed by atoms with Crippen LogP contribution in [0.2, 0.25) is 5.02 Å². The van der Waals surface area contributed by atoms with Gasteiger partial charge in [0.05, 0.1) is 40.6 Å². The van der Waals surface area contributed by atoms with Crippen molar-refractivity contribution in [2.45, 2.75) is 6.92 Å². The van der Waals surface area contributed by atoms with Crippen LogP contribution < -0.4 is 5.30 Å². The highest BCUT2D eigenvalue weighted by Gasteiger charge is 2.45. The molecule has 6 rings (SSSR count). The number of aryl methyl sites for hydroxylation is 1. The molecule has 194 valence electrons. The Kier molecular flexibility index (Phi) is 6.66. The van der Waals surface area contributed by atoms with Gasteiger partial charge in [-0.2, -0.15) is 5.10 Å². The van der Waals surface area contributed by atoms with Crippen LogP contribution in [0.25, 0.3) is 5.69 Å². The summed E-state index contributed by atoms with van der Waals surface area (Å²) in [6.45, 7) is 4.59. The van der Waals surface area contributed by atoms with E-state index in [-0.39, 0.29) is 5.82 Å². The summed E-state index contributed by atoms with van der Waals surface area (Å²) in [5.41, 5.74) is 3.26. The molecule has 0 saturated carbocycles. The van der Waals surface area contributed by atoms with E-state index in [2.05, 4.69) is 9.34 Å². The molecule has 3 heterocycles. The van der Waals surface area contributed by atoms with Crippen molar-refractivity contribution in [1.29, 1.82) is 0 Å². The van der Waals surface area contributed by atoms with E-state index in [0.29, 0.717) is 42.8 Å². The molecule has 1 atom stereocenters. The standard InChI is InChI=1S/C28H27ClFN6OP/c1-20-26-28(36(32-20)23-8-4-3-5-9-23)31-27(21-12-14-22(30)15-13-21)34(2)38(26,35-16-18-37-19-17-35)33-25-11-7-6-10-24(25)29/h3-15H,16-19H2,1-2H3/t38-/m1/s1. The van der Waals surface area contributed by atoms with Crippen molar-refractivity contribution in [1.82, 2.24) is 19.1 Å². The van der Waals surface area contributed by atoms with Crippen LogP contribution in [0, 0.1) is 12.7 Å². The lowest BCUT2D eigenvalue weighted by Crippen LogP contribution is -2.45. The number of aromatic nitrogens is 2. The van der Waals surface area contributed by atoms with Crippen LogP contribution in [0.5, 0.6) is 0 Å². The first-order chi connectivity index (χ1) is 18.5. The van der Waals surface area contributed by atoms with E-state index in [1.54, 1.807) is 12.1 Å². The molecular formula is C28H27ClFN6OP. The van der Waals surface area contributed by atoms with Gasteiger partial charge in [-0.05, 0) is 55.5 Å². The van der Waals surface area contributed by atoms with Crippen LogP contribution >= 0.6 is 19.0 Å². The number of halogens is 2. The Bertz CT molecular complexity index is 1560. The van der Waals surface area contributed by atoms with Crippen LogP contribution in [0.15, 0.2) is 88.6 Å². The Hall–Kier alpha value is -3.29. The number of rotatable bonds is 4. The van der Waals surface area contributed by atoms with E-state index >= 15 is 0 Å². The van der Waals surface area contributed by atoms with Gasteiger partial charge in [0.1, 0.15) is 11.7 Å². The highest BCUT2D eigenvalue weighted by molar-refractivity contribution is 7.70. The van der Waals surface area contributed by atoms with Gasteiger partial charge in [-0.25, -0.2) is 23.5 Å². The zero-order valence-corrected chi connectivity index (χ0v) is 22.8. The summed E-state index contributed by atoms with van der Waals surface area (Å²) >= 11 is 6.70. The molecule has 2 aliphatic rings. The monoisotopic (exact) mass is 548 g/mol.